The Kier molecular flexibility index (Phi) is 8.08. The van der Waals surface area contributed by atoms with E-state index in [-0.39, 0.29) is 24.9 Å². The maximum Gasteiger partial charge on any atom is 0.249 e. The van der Waals surface area contributed by atoms with Gasteiger partial charge in [-0.3, -0.25) is 9.59 Å². The number of hydrogen-bond acceptors (Lipinski definition) is 6. The van der Waals surface area contributed by atoms with Crippen molar-refractivity contribution in [1.82, 2.24) is 10.6 Å². The van der Waals surface area contributed by atoms with Gasteiger partial charge in [-0.2, -0.15) is 0 Å². The summed E-state index contributed by atoms with van der Waals surface area (Å²) in [6.07, 6.45) is -0.767. The van der Waals surface area contributed by atoms with Gasteiger partial charge >= 0.3 is 0 Å². The summed E-state index contributed by atoms with van der Waals surface area (Å²) in [4.78, 5) is 24.5. The predicted molar refractivity (Wildman–Crippen MR) is 119 cm³/mol. The molecule has 1 saturated carbocycles. The van der Waals surface area contributed by atoms with Crippen LogP contribution in [0.5, 0.6) is 11.5 Å². The van der Waals surface area contributed by atoms with Gasteiger partial charge in [0, 0.05) is 24.9 Å². The van der Waals surface area contributed by atoms with Crippen molar-refractivity contribution in [2.45, 2.75) is 50.0 Å². The highest BCUT2D eigenvalue weighted by Gasteiger charge is 2.33. The van der Waals surface area contributed by atoms with Crippen LogP contribution in [0.4, 0.5) is 0 Å². The zero-order valence-electron chi connectivity index (χ0n) is 18.3. The molecule has 2 atom stereocenters. The molecule has 3 rings (SSSR count). The first-order chi connectivity index (χ1) is 15.4. The lowest BCUT2D eigenvalue weighted by atomic mass is 9.86. The van der Waals surface area contributed by atoms with Gasteiger partial charge in [0.15, 0.2) is 0 Å². The van der Waals surface area contributed by atoms with Crippen LogP contribution in [0.3, 0.4) is 0 Å². The summed E-state index contributed by atoms with van der Waals surface area (Å²) in [5.41, 5.74) is 1.66. The largest absolute Gasteiger partial charge is 0.497 e. The molecule has 2 unspecified atom stereocenters. The zero-order valence-corrected chi connectivity index (χ0v) is 18.3. The SMILES string of the molecule is COc1ccc(CC(O)C(=O)NC2CC(NC(=O)C(O)Cc3ccc(OC)cc3)C2)cc1. The molecule has 32 heavy (non-hydrogen) atoms. The van der Waals surface area contributed by atoms with Crippen molar-refractivity contribution in [3.8, 4) is 11.5 Å². The number of carbonyl (C=O) groups excluding carboxylic acids is 2. The van der Waals surface area contributed by atoms with Gasteiger partial charge in [0.05, 0.1) is 14.2 Å². The summed E-state index contributed by atoms with van der Waals surface area (Å²) >= 11 is 0. The molecule has 0 saturated heterocycles. The number of amides is 2. The molecule has 1 aliphatic rings. The summed E-state index contributed by atoms with van der Waals surface area (Å²) in [7, 11) is 3.15. The second-order valence-electron chi connectivity index (χ2n) is 8.02. The maximum absolute atomic E-state index is 12.2. The number of hydrogen-bond donors (Lipinski definition) is 4. The molecule has 4 N–H and O–H groups in total. The first-order valence-electron chi connectivity index (χ1n) is 10.6. The van der Waals surface area contributed by atoms with E-state index in [1.54, 1.807) is 38.5 Å². The minimum absolute atomic E-state index is 0.114. The van der Waals surface area contributed by atoms with Crippen molar-refractivity contribution in [1.29, 1.82) is 0 Å². The van der Waals surface area contributed by atoms with Crippen LogP contribution in [-0.4, -0.2) is 60.5 Å². The van der Waals surface area contributed by atoms with Crippen LogP contribution in [0.15, 0.2) is 48.5 Å². The Labute approximate surface area is 187 Å². The zero-order chi connectivity index (χ0) is 23.1. The third kappa shape index (κ3) is 6.45. The van der Waals surface area contributed by atoms with E-state index in [9.17, 15) is 19.8 Å². The van der Waals surface area contributed by atoms with E-state index in [0.717, 1.165) is 11.1 Å². The fourth-order valence-corrected chi connectivity index (χ4v) is 3.60. The summed E-state index contributed by atoms with van der Waals surface area (Å²) < 4.78 is 10.2. The van der Waals surface area contributed by atoms with E-state index < -0.39 is 24.0 Å². The van der Waals surface area contributed by atoms with Crippen molar-refractivity contribution in [3.63, 3.8) is 0 Å². The molecule has 0 heterocycles. The molecule has 0 bridgehead atoms. The van der Waals surface area contributed by atoms with E-state index in [4.69, 9.17) is 9.47 Å². The van der Waals surface area contributed by atoms with E-state index in [0.29, 0.717) is 24.3 Å². The third-order valence-electron chi connectivity index (χ3n) is 5.61. The number of nitrogens with one attached hydrogen (secondary N) is 2. The van der Waals surface area contributed by atoms with Crippen LogP contribution >= 0.6 is 0 Å². The van der Waals surface area contributed by atoms with Gasteiger partial charge in [0.2, 0.25) is 11.8 Å². The van der Waals surface area contributed by atoms with E-state index >= 15 is 0 Å². The van der Waals surface area contributed by atoms with Gasteiger partial charge in [-0.15, -0.1) is 0 Å². The average Bonchev–Trinajstić information content (AvgIpc) is 2.78. The lowest BCUT2D eigenvalue weighted by molar-refractivity contribution is -0.132. The Morgan fingerprint density at radius 3 is 1.44 bits per heavy atom. The maximum atomic E-state index is 12.2. The predicted octanol–water partition coefficient (Wildman–Crippen LogP) is 0.974. The molecule has 2 aromatic carbocycles. The Hall–Kier alpha value is -3.10. The molecule has 8 heteroatoms. The van der Waals surface area contributed by atoms with Crippen LogP contribution in [0.2, 0.25) is 0 Å². The van der Waals surface area contributed by atoms with Crippen LogP contribution in [0.1, 0.15) is 24.0 Å². The average molecular weight is 443 g/mol. The molecule has 1 fully saturated rings. The fourth-order valence-electron chi connectivity index (χ4n) is 3.60. The van der Waals surface area contributed by atoms with Crippen LogP contribution in [0, 0.1) is 0 Å². The molecule has 0 radical (unpaired) electrons. The van der Waals surface area contributed by atoms with Crippen molar-refractivity contribution < 1.29 is 29.3 Å². The standard InChI is InChI=1S/C24H30N2O6/c1-31-19-7-3-15(4-8-19)11-21(27)23(29)25-17-13-18(14-17)26-24(30)22(28)12-16-5-9-20(32-2)10-6-16/h3-10,17-18,21-22,27-28H,11-14H2,1-2H3,(H,25,29)(H,26,30). The van der Waals surface area contributed by atoms with Crippen molar-refractivity contribution in [2.24, 2.45) is 0 Å². The van der Waals surface area contributed by atoms with Crippen molar-refractivity contribution in [3.05, 3.63) is 59.7 Å². The second-order valence-corrected chi connectivity index (χ2v) is 8.02. The van der Waals surface area contributed by atoms with E-state index in [2.05, 4.69) is 10.6 Å². The molecule has 2 aromatic rings. The van der Waals surface area contributed by atoms with Crippen LogP contribution < -0.4 is 20.1 Å². The molecular weight excluding hydrogens is 412 g/mol. The highest BCUT2D eigenvalue weighted by molar-refractivity contribution is 5.82. The third-order valence-corrected chi connectivity index (χ3v) is 5.61. The summed E-state index contributed by atoms with van der Waals surface area (Å²) in [6.45, 7) is 0. The molecule has 0 aliphatic heterocycles. The van der Waals surface area contributed by atoms with Crippen molar-refractivity contribution in [2.75, 3.05) is 14.2 Å². The monoisotopic (exact) mass is 442 g/mol. The number of aliphatic hydroxyl groups is 2. The van der Waals surface area contributed by atoms with E-state index in [1.807, 2.05) is 24.3 Å². The van der Waals surface area contributed by atoms with E-state index in [1.165, 1.54) is 0 Å². The van der Waals surface area contributed by atoms with Gasteiger partial charge in [-0.1, -0.05) is 24.3 Å². The Bertz CT molecular complexity index is 820. The van der Waals surface area contributed by atoms with Crippen LogP contribution in [0.25, 0.3) is 0 Å². The molecule has 0 aromatic heterocycles. The topological polar surface area (TPSA) is 117 Å². The number of carbonyl (C=O) groups is 2. The van der Waals surface area contributed by atoms with Crippen LogP contribution in [-0.2, 0) is 22.4 Å². The second kappa shape index (κ2) is 11.0. The van der Waals surface area contributed by atoms with Gasteiger partial charge in [0.25, 0.3) is 0 Å². The number of benzene rings is 2. The molecule has 172 valence electrons. The smallest absolute Gasteiger partial charge is 0.249 e. The molecule has 2 amide bonds. The highest BCUT2D eigenvalue weighted by Crippen LogP contribution is 2.21. The fraction of sp³-hybridized carbons (Fsp3) is 0.417. The Balaban J connectivity index is 1.36. The highest BCUT2D eigenvalue weighted by atomic mass is 16.5. The number of aliphatic hydroxyl groups excluding tert-OH is 2. The first kappa shape index (κ1) is 23.6. The lowest BCUT2D eigenvalue weighted by Gasteiger charge is -2.37. The van der Waals surface area contributed by atoms with Gasteiger partial charge < -0.3 is 30.3 Å². The molecule has 0 spiro atoms. The lowest BCUT2D eigenvalue weighted by Crippen LogP contribution is -2.56. The summed E-state index contributed by atoms with van der Waals surface area (Å²) in [5, 5.41) is 25.9. The molecule has 1 aliphatic carbocycles. The van der Waals surface area contributed by atoms with Gasteiger partial charge in [-0.05, 0) is 48.2 Å². The Morgan fingerprint density at radius 1 is 0.781 bits per heavy atom. The first-order valence-corrected chi connectivity index (χ1v) is 10.6. The number of methoxy groups -OCH3 is 2. The van der Waals surface area contributed by atoms with Gasteiger partial charge in [0.1, 0.15) is 23.7 Å². The Morgan fingerprint density at radius 2 is 1.12 bits per heavy atom. The molecular formula is C24H30N2O6. The van der Waals surface area contributed by atoms with Gasteiger partial charge in [-0.25, -0.2) is 0 Å². The number of rotatable bonds is 10. The number of ether oxygens (including phenoxy) is 2. The minimum atomic E-state index is -1.15. The summed E-state index contributed by atoms with van der Waals surface area (Å²) in [5.74, 6) is 0.555. The normalized spacial score (nSPS) is 19.2. The quantitative estimate of drug-likeness (QED) is 0.436. The molecule has 8 nitrogen and oxygen atoms in total. The minimum Gasteiger partial charge on any atom is -0.497 e. The van der Waals surface area contributed by atoms with Crippen molar-refractivity contribution >= 4 is 11.8 Å². The summed E-state index contributed by atoms with van der Waals surface area (Å²) in [6, 6.07) is 14.1.